The topological polar surface area (TPSA) is 84.3 Å². The molecule has 2 aliphatic rings. The van der Waals surface area contributed by atoms with Crippen molar-refractivity contribution >= 4 is 15.9 Å². The Balaban J connectivity index is 1.40. The molecule has 30 heavy (non-hydrogen) atoms. The molecular formula is C20H24F2N4O3S. The average Bonchev–Trinajstić information content (AvgIpc) is 3.12. The van der Waals surface area contributed by atoms with Crippen molar-refractivity contribution in [3.05, 3.63) is 47.3 Å². The second kappa shape index (κ2) is 8.07. The number of amides is 1. The van der Waals surface area contributed by atoms with Crippen LogP contribution < -0.4 is 5.32 Å². The molecule has 2 aromatic rings. The number of aryl methyl sites for hydroxylation is 1. The van der Waals surface area contributed by atoms with Gasteiger partial charge in [-0.25, -0.2) is 17.2 Å². The van der Waals surface area contributed by atoms with Gasteiger partial charge in [-0.15, -0.1) is 0 Å². The van der Waals surface area contributed by atoms with Crippen molar-refractivity contribution in [2.45, 2.75) is 43.0 Å². The molecule has 0 spiro atoms. The smallest absolute Gasteiger partial charge is 0.246 e. The highest BCUT2D eigenvalue weighted by atomic mass is 32.2. The van der Waals surface area contributed by atoms with E-state index < -0.39 is 26.6 Å². The molecule has 1 aliphatic heterocycles. The van der Waals surface area contributed by atoms with E-state index in [4.69, 9.17) is 0 Å². The number of fused-ring (bicyclic) bond motifs is 1. The predicted octanol–water partition coefficient (Wildman–Crippen LogP) is 2.29. The molecule has 0 saturated carbocycles. The van der Waals surface area contributed by atoms with Crippen LogP contribution in [0.5, 0.6) is 0 Å². The molecule has 0 radical (unpaired) electrons. The van der Waals surface area contributed by atoms with Crippen LogP contribution in [0.3, 0.4) is 0 Å². The zero-order valence-electron chi connectivity index (χ0n) is 16.6. The quantitative estimate of drug-likeness (QED) is 0.794. The van der Waals surface area contributed by atoms with Crippen molar-refractivity contribution in [2.24, 2.45) is 13.0 Å². The lowest BCUT2D eigenvalue weighted by atomic mass is 9.91. The molecule has 162 valence electrons. The number of hydrogen-bond acceptors (Lipinski definition) is 4. The van der Waals surface area contributed by atoms with Gasteiger partial charge in [0.2, 0.25) is 15.9 Å². The second-order valence-corrected chi connectivity index (χ2v) is 9.78. The minimum absolute atomic E-state index is 0.0825. The lowest BCUT2D eigenvalue weighted by Gasteiger charge is -2.32. The molecule has 1 N–H and O–H groups in total. The van der Waals surface area contributed by atoms with Crippen LogP contribution in [0.1, 0.15) is 43.0 Å². The zero-order valence-corrected chi connectivity index (χ0v) is 17.5. The number of benzene rings is 1. The minimum Gasteiger partial charge on any atom is -0.349 e. The average molecular weight is 439 g/mol. The lowest BCUT2D eigenvalue weighted by molar-refractivity contribution is -0.127. The first kappa shape index (κ1) is 20.9. The van der Waals surface area contributed by atoms with E-state index in [1.54, 1.807) is 6.20 Å². The Labute approximate surface area is 174 Å². The number of aromatic nitrogens is 2. The number of nitrogens with zero attached hydrogens (tertiary/aromatic N) is 3. The van der Waals surface area contributed by atoms with Crippen molar-refractivity contribution in [1.29, 1.82) is 0 Å². The molecule has 2 heterocycles. The number of nitrogens with one attached hydrogen (secondary N) is 1. The Morgan fingerprint density at radius 3 is 2.67 bits per heavy atom. The third-order valence-corrected chi connectivity index (χ3v) is 7.94. The molecule has 4 rings (SSSR count). The molecule has 10 heteroatoms. The van der Waals surface area contributed by atoms with Crippen molar-refractivity contribution in [3.8, 4) is 0 Å². The van der Waals surface area contributed by atoms with Gasteiger partial charge in [0.25, 0.3) is 0 Å². The highest BCUT2D eigenvalue weighted by molar-refractivity contribution is 7.89. The maximum atomic E-state index is 14.0. The van der Waals surface area contributed by atoms with Crippen LogP contribution in [0.4, 0.5) is 8.78 Å². The number of carbonyl (C=O) groups excluding carboxylic acids is 1. The van der Waals surface area contributed by atoms with E-state index in [2.05, 4.69) is 10.4 Å². The Bertz CT molecular complexity index is 1060. The van der Waals surface area contributed by atoms with Crippen LogP contribution in [0.15, 0.2) is 29.3 Å². The zero-order chi connectivity index (χ0) is 21.5. The molecule has 1 amide bonds. The third-order valence-electron chi connectivity index (χ3n) is 6.03. The Morgan fingerprint density at radius 1 is 1.20 bits per heavy atom. The molecule has 0 bridgehead atoms. The largest absolute Gasteiger partial charge is 0.349 e. The summed E-state index contributed by atoms with van der Waals surface area (Å²) in [7, 11) is -2.26. The van der Waals surface area contributed by atoms with Crippen LogP contribution in [-0.4, -0.2) is 41.5 Å². The fourth-order valence-corrected chi connectivity index (χ4v) is 5.86. The fraction of sp³-hybridized carbons (Fsp3) is 0.500. The predicted molar refractivity (Wildman–Crippen MR) is 105 cm³/mol. The number of sulfonamides is 1. The molecule has 1 fully saturated rings. The molecule has 1 aliphatic carbocycles. The first-order valence-electron chi connectivity index (χ1n) is 10.0. The second-order valence-electron chi connectivity index (χ2n) is 7.88. The normalized spacial score (nSPS) is 20.7. The summed E-state index contributed by atoms with van der Waals surface area (Å²) in [5, 5.41) is 7.37. The molecule has 1 aromatic heterocycles. The van der Waals surface area contributed by atoms with E-state index in [0.29, 0.717) is 18.9 Å². The van der Waals surface area contributed by atoms with Gasteiger partial charge in [0.05, 0.1) is 12.2 Å². The summed E-state index contributed by atoms with van der Waals surface area (Å²) in [4.78, 5) is 12.1. The molecule has 1 unspecified atom stereocenters. The van der Waals surface area contributed by atoms with Crippen LogP contribution in [0, 0.1) is 17.6 Å². The summed E-state index contributed by atoms with van der Waals surface area (Å²) in [6.07, 6.45) is 5.19. The Kier molecular flexibility index (Phi) is 5.63. The number of carbonyl (C=O) groups is 1. The van der Waals surface area contributed by atoms with Crippen molar-refractivity contribution in [1.82, 2.24) is 19.4 Å². The third kappa shape index (κ3) is 3.85. The molecule has 7 nitrogen and oxygen atoms in total. The first-order chi connectivity index (χ1) is 14.3. The van der Waals surface area contributed by atoms with Gasteiger partial charge in [0.1, 0.15) is 16.5 Å². The molecule has 1 atom stereocenters. The lowest BCUT2D eigenvalue weighted by Crippen LogP contribution is -2.44. The fourth-order valence-electron chi connectivity index (χ4n) is 4.32. The highest BCUT2D eigenvalue weighted by Crippen LogP contribution is 2.31. The molecule has 1 aromatic carbocycles. The minimum atomic E-state index is -4.15. The van der Waals surface area contributed by atoms with Crippen molar-refractivity contribution < 1.29 is 22.0 Å². The van der Waals surface area contributed by atoms with Crippen molar-refractivity contribution in [2.75, 3.05) is 13.1 Å². The standard InChI is InChI=1S/C20H24F2N4O3S/c1-25-18-4-2-3-17(15(18)12-23-25)24-20(27)13-7-9-26(10-8-13)30(28,29)19-11-14(21)5-6-16(19)22/h5-6,11-13,17H,2-4,7-10H2,1H3,(H,24,27). The van der Waals surface area contributed by atoms with Crippen LogP contribution in [0.25, 0.3) is 0 Å². The van der Waals surface area contributed by atoms with Crippen LogP contribution in [0.2, 0.25) is 0 Å². The summed E-state index contributed by atoms with van der Waals surface area (Å²) >= 11 is 0. The van der Waals surface area contributed by atoms with E-state index in [0.717, 1.165) is 47.0 Å². The van der Waals surface area contributed by atoms with E-state index in [-0.39, 0.29) is 31.0 Å². The van der Waals surface area contributed by atoms with E-state index in [9.17, 15) is 22.0 Å². The maximum Gasteiger partial charge on any atom is 0.246 e. The summed E-state index contributed by atoms with van der Waals surface area (Å²) in [6.45, 7) is 0.165. The van der Waals surface area contributed by atoms with E-state index >= 15 is 0 Å². The number of rotatable bonds is 4. The molecule has 1 saturated heterocycles. The maximum absolute atomic E-state index is 14.0. The summed E-state index contributed by atoms with van der Waals surface area (Å²) < 4.78 is 55.8. The van der Waals surface area contributed by atoms with Crippen molar-refractivity contribution in [3.63, 3.8) is 0 Å². The van der Waals surface area contributed by atoms with E-state index in [1.807, 2.05) is 11.7 Å². The van der Waals surface area contributed by atoms with Gasteiger partial charge < -0.3 is 5.32 Å². The van der Waals surface area contributed by atoms with Gasteiger partial charge in [0.15, 0.2) is 0 Å². The number of halogens is 2. The number of piperidine rings is 1. The number of hydrogen-bond donors (Lipinski definition) is 1. The van der Waals surface area contributed by atoms with Gasteiger partial charge in [-0.2, -0.15) is 9.40 Å². The van der Waals surface area contributed by atoms with Gasteiger partial charge in [-0.05, 0) is 50.3 Å². The summed E-state index contributed by atoms with van der Waals surface area (Å²) in [5.74, 6) is -2.23. The Hall–Kier alpha value is -2.33. The van der Waals surface area contributed by atoms with Gasteiger partial charge in [0, 0.05) is 37.3 Å². The van der Waals surface area contributed by atoms with Crippen LogP contribution in [-0.2, 0) is 28.3 Å². The van der Waals surface area contributed by atoms with Crippen LogP contribution >= 0.6 is 0 Å². The summed E-state index contributed by atoms with van der Waals surface area (Å²) in [5.41, 5.74) is 2.17. The Morgan fingerprint density at radius 2 is 1.93 bits per heavy atom. The SMILES string of the molecule is Cn1ncc2c1CCCC2NC(=O)C1CCN(S(=O)(=O)c2cc(F)ccc2F)CC1. The first-order valence-corrected chi connectivity index (χ1v) is 11.5. The van der Waals surface area contributed by atoms with Gasteiger partial charge in [-0.1, -0.05) is 0 Å². The molecular weight excluding hydrogens is 414 g/mol. The summed E-state index contributed by atoms with van der Waals surface area (Å²) in [6, 6.07) is 2.29. The van der Waals surface area contributed by atoms with Gasteiger partial charge in [-0.3, -0.25) is 9.48 Å². The van der Waals surface area contributed by atoms with E-state index in [1.165, 1.54) is 0 Å². The monoisotopic (exact) mass is 438 g/mol. The highest BCUT2D eigenvalue weighted by Gasteiger charge is 2.35. The van der Waals surface area contributed by atoms with Gasteiger partial charge >= 0.3 is 0 Å².